The van der Waals surface area contributed by atoms with Crippen molar-refractivity contribution in [3.05, 3.63) is 29.8 Å². The first-order chi connectivity index (χ1) is 8.60. The van der Waals surface area contributed by atoms with Crippen molar-refractivity contribution in [1.29, 1.82) is 0 Å². The van der Waals surface area contributed by atoms with Crippen LogP contribution < -0.4 is 5.32 Å². The molecule has 0 spiro atoms. The summed E-state index contributed by atoms with van der Waals surface area (Å²) in [6, 6.07) is 6.23. The SMILES string of the molecule is O=C(O)c1ccc(N[C@@H]2C[C@@H](O)[C@@H](CO)O2)cc1. The Morgan fingerprint density at radius 2 is 2.06 bits per heavy atom. The van der Waals surface area contributed by atoms with Crippen LogP contribution in [0.4, 0.5) is 5.69 Å². The van der Waals surface area contributed by atoms with E-state index in [1.807, 2.05) is 0 Å². The Morgan fingerprint density at radius 3 is 2.56 bits per heavy atom. The summed E-state index contributed by atoms with van der Waals surface area (Å²) >= 11 is 0. The van der Waals surface area contributed by atoms with Gasteiger partial charge in [0, 0.05) is 12.1 Å². The summed E-state index contributed by atoms with van der Waals surface area (Å²) in [6.45, 7) is -0.225. The number of aliphatic hydroxyl groups excluding tert-OH is 2. The van der Waals surface area contributed by atoms with E-state index >= 15 is 0 Å². The first-order valence-corrected chi connectivity index (χ1v) is 5.64. The molecule has 0 bridgehead atoms. The van der Waals surface area contributed by atoms with Gasteiger partial charge >= 0.3 is 5.97 Å². The number of ether oxygens (including phenoxy) is 1. The van der Waals surface area contributed by atoms with E-state index in [0.29, 0.717) is 12.1 Å². The fourth-order valence-corrected chi connectivity index (χ4v) is 1.88. The zero-order valence-corrected chi connectivity index (χ0v) is 9.61. The van der Waals surface area contributed by atoms with Crippen molar-refractivity contribution in [2.45, 2.75) is 24.9 Å². The lowest BCUT2D eigenvalue weighted by atomic mass is 10.2. The molecule has 2 rings (SSSR count). The molecule has 3 atom stereocenters. The summed E-state index contributed by atoms with van der Waals surface area (Å²) in [6.07, 6.45) is -1.26. The summed E-state index contributed by atoms with van der Waals surface area (Å²) in [5, 5.41) is 30.3. The van der Waals surface area contributed by atoms with Gasteiger partial charge in [0.1, 0.15) is 12.3 Å². The Kier molecular flexibility index (Phi) is 3.81. The van der Waals surface area contributed by atoms with Crippen LogP contribution in [0.1, 0.15) is 16.8 Å². The van der Waals surface area contributed by atoms with Gasteiger partial charge in [-0.15, -0.1) is 0 Å². The van der Waals surface area contributed by atoms with Crippen molar-refractivity contribution in [2.75, 3.05) is 11.9 Å². The smallest absolute Gasteiger partial charge is 0.335 e. The summed E-state index contributed by atoms with van der Waals surface area (Å²) in [4.78, 5) is 10.7. The number of hydrogen-bond donors (Lipinski definition) is 4. The van der Waals surface area contributed by atoms with Crippen molar-refractivity contribution in [3.8, 4) is 0 Å². The van der Waals surface area contributed by atoms with Crippen LogP contribution in [-0.2, 0) is 4.74 Å². The lowest BCUT2D eigenvalue weighted by molar-refractivity contribution is -0.0149. The van der Waals surface area contributed by atoms with E-state index in [0.717, 1.165) is 0 Å². The number of aliphatic hydroxyl groups is 2. The number of carboxylic acid groups (broad SMARTS) is 1. The van der Waals surface area contributed by atoms with E-state index in [1.165, 1.54) is 12.1 Å². The highest BCUT2D eigenvalue weighted by molar-refractivity contribution is 5.87. The number of aromatic carboxylic acids is 1. The predicted molar refractivity (Wildman–Crippen MR) is 63.4 cm³/mol. The van der Waals surface area contributed by atoms with Crippen LogP contribution in [0.2, 0.25) is 0 Å². The zero-order chi connectivity index (χ0) is 13.1. The van der Waals surface area contributed by atoms with Gasteiger partial charge in [-0.25, -0.2) is 4.79 Å². The number of nitrogens with one attached hydrogen (secondary N) is 1. The fourth-order valence-electron chi connectivity index (χ4n) is 1.88. The molecular formula is C12H15NO5. The molecule has 0 aliphatic carbocycles. The standard InChI is InChI=1S/C12H15NO5/c14-6-10-9(15)5-11(18-10)13-8-3-1-7(2-4-8)12(16)17/h1-4,9-11,13-15H,5-6H2,(H,16,17)/t9-,10-,11+/m1/s1. The zero-order valence-electron chi connectivity index (χ0n) is 9.61. The van der Waals surface area contributed by atoms with Gasteiger partial charge in [-0.05, 0) is 24.3 Å². The van der Waals surface area contributed by atoms with Crippen LogP contribution in [0.25, 0.3) is 0 Å². The van der Waals surface area contributed by atoms with Gasteiger partial charge in [0.05, 0.1) is 18.3 Å². The van der Waals surface area contributed by atoms with E-state index in [9.17, 15) is 9.90 Å². The van der Waals surface area contributed by atoms with E-state index in [2.05, 4.69) is 5.32 Å². The Bertz CT molecular complexity index is 419. The number of anilines is 1. The molecule has 6 nitrogen and oxygen atoms in total. The molecule has 0 radical (unpaired) electrons. The summed E-state index contributed by atoms with van der Waals surface area (Å²) in [5.74, 6) is -0.977. The topological polar surface area (TPSA) is 99.0 Å². The molecule has 18 heavy (non-hydrogen) atoms. The maximum absolute atomic E-state index is 10.7. The quantitative estimate of drug-likeness (QED) is 0.614. The van der Waals surface area contributed by atoms with Crippen LogP contribution in [0.5, 0.6) is 0 Å². The largest absolute Gasteiger partial charge is 0.478 e. The molecule has 1 aromatic rings. The molecule has 4 N–H and O–H groups in total. The maximum atomic E-state index is 10.7. The maximum Gasteiger partial charge on any atom is 0.335 e. The molecule has 1 aromatic carbocycles. The summed E-state index contributed by atoms with van der Waals surface area (Å²) in [7, 11) is 0. The summed E-state index contributed by atoms with van der Waals surface area (Å²) < 4.78 is 5.38. The Labute approximate surface area is 104 Å². The van der Waals surface area contributed by atoms with Crippen molar-refractivity contribution >= 4 is 11.7 Å². The molecule has 0 amide bonds. The van der Waals surface area contributed by atoms with Gasteiger partial charge < -0.3 is 25.4 Å². The Morgan fingerprint density at radius 1 is 1.39 bits per heavy atom. The second-order valence-electron chi connectivity index (χ2n) is 4.18. The third kappa shape index (κ3) is 2.79. The highest BCUT2D eigenvalue weighted by atomic mass is 16.5. The van der Waals surface area contributed by atoms with Gasteiger partial charge in [0.15, 0.2) is 0 Å². The Hall–Kier alpha value is -1.63. The van der Waals surface area contributed by atoms with Gasteiger partial charge in [-0.2, -0.15) is 0 Å². The van der Waals surface area contributed by atoms with E-state index in [1.54, 1.807) is 12.1 Å². The normalized spacial score (nSPS) is 27.1. The first kappa shape index (κ1) is 12.8. The highest BCUT2D eigenvalue weighted by Gasteiger charge is 2.33. The van der Waals surface area contributed by atoms with Crippen molar-refractivity contribution in [2.24, 2.45) is 0 Å². The van der Waals surface area contributed by atoms with E-state index in [-0.39, 0.29) is 18.4 Å². The third-order valence-electron chi connectivity index (χ3n) is 2.86. The van der Waals surface area contributed by atoms with Crippen LogP contribution in [0.15, 0.2) is 24.3 Å². The second-order valence-corrected chi connectivity index (χ2v) is 4.18. The summed E-state index contributed by atoms with van der Waals surface area (Å²) in [5.41, 5.74) is 0.914. The third-order valence-corrected chi connectivity index (χ3v) is 2.86. The predicted octanol–water partition coefficient (Wildman–Crippen LogP) is 0.265. The van der Waals surface area contributed by atoms with Gasteiger partial charge in [0.2, 0.25) is 0 Å². The van der Waals surface area contributed by atoms with Crippen molar-refractivity contribution in [3.63, 3.8) is 0 Å². The first-order valence-electron chi connectivity index (χ1n) is 5.64. The van der Waals surface area contributed by atoms with Gasteiger partial charge in [-0.1, -0.05) is 0 Å². The van der Waals surface area contributed by atoms with Crippen LogP contribution in [-0.4, -0.2) is 46.3 Å². The molecule has 6 heteroatoms. The van der Waals surface area contributed by atoms with Gasteiger partial charge in [0.25, 0.3) is 0 Å². The van der Waals surface area contributed by atoms with Crippen molar-refractivity contribution < 1.29 is 24.9 Å². The molecule has 98 valence electrons. The minimum Gasteiger partial charge on any atom is -0.478 e. The highest BCUT2D eigenvalue weighted by Crippen LogP contribution is 2.22. The number of benzene rings is 1. The van der Waals surface area contributed by atoms with Crippen LogP contribution >= 0.6 is 0 Å². The molecule has 1 fully saturated rings. The van der Waals surface area contributed by atoms with E-state index < -0.39 is 18.2 Å². The fraction of sp³-hybridized carbons (Fsp3) is 0.417. The van der Waals surface area contributed by atoms with Crippen molar-refractivity contribution in [1.82, 2.24) is 0 Å². The number of hydrogen-bond acceptors (Lipinski definition) is 5. The average Bonchev–Trinajstić information content (AvgIpc) is 2.70. The van der Waals surface area contributed by atoms with Crippen LogP contribution in [0, 0.1) is 0 Å². The molecule has 1 aliphatic heterocycles. The molecule has 1 aliphatic rings. The molecule has 1 heterocycles. The molecule has 0 unspecified atom stereocenters. The van der Waals surface area contributed by atoms with Crippen LogP contribution in [0.3, 0.4) is 0 Å². The lowest BCUT2D eigenvalue weighted by Gasteiger charge is -2.14. The monoisotopic (exact) mass is 253 g/mol. The minimum absolute atomic E-state index is 0.209. The van der Waals surface area contributed by atoms with E-state index in [4.69, 9.17) is 14.9 Å². The Balaban J connectivity index is 1.96. The molecule has 0 aromatic heterocycles. The number of carbonyl (C=O) groups is 1. The van der Waals surface area contributed by atoms with Gasteiger partial charge in [-0.3, -0.25) is 0 Å². The lowest BCUT2D eigenvalue weighted by Crippen LogP contribution is -2.25. The average molecular weight is 253 g/mol. The molecular weight excluding hydrogens is 238 g/mol. The number of carboxylic acids is 1. The molecule has 1 saturated heterocycles. The molecule has 0 saturated carbocycles. The number of rotatable bonds is 4. The minimum atomic E-state index is -0.977. The second kappa shape index (κ2) is 5.34.